The molecule has 2 atom stereocenters. The average molecular weight is 284 g/mol. The van der Waals surface area contributed by atoms with E-state index in [1.807, 2.05) is 30.3 Å². The predicted octanol–water partition coefficient (Wildman–Crippen LogP) is 2.42. The molecule has 3 rings (SSSR count). The minimum atomic E-state index is -0.209. The maximum Gasteiger partial charge on any atom is 0.255 e. The third-order valence-electron chi connectivity index (χ3n) is 4.14. The average Bonchev–Trinajstić information content (AvgIpc) is 2.50. The van der Waals surface area contributed by atoms with E-state index in [9.17, 15) is 9.90 Å². The predicted molar refractivity (Wildman–Crippen MR) is 83.6 cm³/mol. The first-order chi connectivity index (χ1) is 10.1. The fraction of sp³-hybridized carbons (Fsp3) is 0.353. The summed E-state index contributed by atoms with van der Waals surface area (Å²) in [6.07, 6.45) is 2.02. The summed E-state index contributed by atoms with van der Waals surface area (Å²) >= 11 is 0. The van der Waals surface area contributed by atoms with Gasteiger partial charge in [-0.25, -0.2) is 0 Å². The molecule has 0 spiro atoms. The maximum absolute atomic E-state index is 12.4. The van der Waals surface area contributed by atoms with E-state index in [0.717, 1.165) is 24.8 Å². The number of piperidine rings is 1. The van der Waals surface area contributed by atoms with Crippen LogP contribution < -0.4 is 10.6 Å². The number of phenols is 1. The second-order valence-corrected chi connectivity index (χ2v) is 5.74. The standard InChI is InChI=1S/C17H20N2O2/c1-11-6-8-13(10-18-11)19-17(21)15-9-7-12-4-2-3-5-14(12)16(15)20/h2-5,7,9,11,13,18,20H,6,8,10H2,1H3,(H,19,21). The normalized spacial score (nSPS) is 22.1. The van der Waals surface area contributed by atoms with Gasteiger partial charge in [-0.3, -0.25) is 4.79 Å². The van der Waals surface area contributed by atoms with Crippen molar-refractivity contribution in [2.75, 3.05) is 6.54 Å². The van der Waals surface area contributed by atoms with Crippen LogP contribution in [0.25, 0.3) is 10.8 Å². The highest BCUT2D eigenvalue weighted by atomic mass is 16.3. The van der Waals surface area contributed by atoms with Gasteiger partial charge >= 0.3 is 0 Å². The molecule has 0 aromatic heterocycles. The summed E-state index contributed by atoms with van der Waals surface area (Å²) in [5, 5.41) is 18.3. The van der Waals surface area contributed by atoms with Crippen molar-refractivity contribution < 1.29 is 9.90 Å². The van der Waals surface area contributed by atoms with Crippen LogP contribution in [0, 0.1) is 0 Å². The number of benzene rings is 2. The smallest absolute Gasteiger partial charge is 0.255 e. The summed E-state index contributed by atoms with van der Waals surface area (Å²) in [7, 11) is 0. The molecular formula is C17H20N2O2. The number of nitrogens with one attached hydrogen (secondary N) is 2. The minimum absolute atomic E-state index is 0.0581. The van der Waals surface area contributed by atoms with Crippen LogP contribution in [0.3, 0.4) is 0 Å². The van der Waals surface area contributed by atoms with Crippen LogP contribution in [-0.4, -0.2) is 29.6 Å². The van der Waals surface area contributed by atoms with Crippen LogP contribution in [0.2, 0.25) is 0 Å². The number of carbonyl (C=O) groups is 1. The molecule has 1 saturated heterocycles. The third-order valence-corrected chi connectivity index (χ3v) is 4.14. The monoisotopic (exact) mass is 284 g/mol. The van der Waals surface area contributed by atoms with E-state index < -0.39 is 0 Å². The lowest BCUT2D eigenvalue weighted by Gasteiger charge is -2.28. The minimum Gasteiger partial charge on any atom is -0.506 e. The molecule has 3 N–H and O–H groups in total. The lowest BCUT2D eigenvalue weighted by molar-refractivity contribution is 0.0925. The summed E-state index contributed by atoms with van der Waals surface area (Å²) < 4.78 is 0. The van der Waals surface area contributed by atoms with E-state index in [1.165, 1.54) is 0 Å². The number of aromatic hydroxyl groups is 1. The molecule has 0 bridgehead atoms. The maximum atomic E-state index is 12.4. The molecule has 2 unspecified atom stereocenters. The second kappa shape index (κ2) is 5.74. The van der Waals surface area contributed by atoms with E-state index in [0.29, 0.717) is 17.0 Å². The van der Waals surface area contributed by atoms with Gasteiger partial charge in [0.05, 0.1) is 5.56 Å². The number of hydrogen-bond acceptors (Lipinski definition) is 3. The van der Waals surface area contributed by atoms with E-state index in [-0.39, 0.29) is 17.7 Å². The quantitative estimate of drug-likeness (QED) is 0.793. The Bertz CT molecular complexity index is 661. The van der Waals surface area contributed by atoms with Crippen molar-refractivity contribution in [2.45, 2.75) is 31.8 Å². The number of carbonyl (C=O) groups excluding carboxylic acids is 1. The SMILES string of the molecule is CC1CCC(NC(=O)c2ccc3ccccc3c2O)CN1. The van der Waals surface area contributed by atoms with Gasteiger partial charge in [-0.1, -0.05) is 30.3 Å². The lowest BCUT2D eigenvalue weighted by Crippen LogP contribution is -2.48. The van der Waals surface area contributed by atoms with Gasteiger partial charge in [-0.2, -0.15) is 0 Å². The van der Waals surface area contributed by atoms with Gasteiger partial charge in [-0.05, 0) is 31.2 Å². The Kier molecular flexibility index (Phi) is 3.80. The van der Waals surface area contributed by atoms with E-state index in [1.54, 1.807) is 6.07 Å². The molecular weight excluding hydrogens is 264 g/mol. The van der Waals surface area contributed by atoms with Gasteiger partial charge in [0.1, 0.15) is 5.75 Å². The van der Waals surface area contributed by atoms with Gasteiger partial charge in [0, 0.05) is 24.0 Å². The Morgan fingerprint density at radius 2 is 2.05 bits per heavy atom. The van der Waals surface area contributed by atoms with Crippen LogP contribution in [0.15, 0.2) is 36.4 Å². The van der Waals surface area contributed by atoms with Crippen molar-refractivity contribution in [3.05, 3.63) is 42.0 Å². The summed E-state index contributed by atoms with van der Waals surface area (Å²) in [6, 6.07) is 11.7. The largest absolute Gasteiger partial charge is 0.506 e. The molecule has 2 aromatic rings. The number of hydrogen-bond donors (Lipinski definition) is 3. The van der Waals surface area contributed by atoms with Crippen LogP contribution >= 0.6 is 0 Å². The first-order valence-electron chi connectivity index (χ1n) is 7.40. The van der Waals surface area contributed by atoms with E-state index >= 15 is 0 Å². The van der Waals surface area contributed by atoms with Crippen molar-refractivity contribution in [1.29, 1.82) is 0 Å². The molecule has 1 aliphatic rings. The van der Waals surface area contributed by atoms with Crippen molar-refractivity contribution in [3.63, 3.8) is 0 Å². The molecule has 4 heteroatoms. The Balaban J connectivity index is 1.80. The van der Waals surface area contributed by atoms with Crippen molar-refractivity contribution in [3.8, 4) is 5.75 Å². The number of amides is 1. The highest BCUT2D eigenvalue weighted by Crippen LogP contribution is 2.28. The highest BCUT2D eigenvalue weighted by molar-refractivity contribution is 6.03. The number of phenolic OH excluding ortho intramolecular Hbond substituents is 1. The van der Waals surface area contributed by atoms with Gasteiger partial charge in [0.15, 0.2) is 0 Å². The van der Waals surface area contributed by atoms with Crippen molar-refractivity contribution in [1.82, 2.24) is 10.6 Å². The van der Waals surface area contributed by atoms with Gasteiger partial charge in [0.25, 0.3) is 5.91 Å². The fourth-order valence-electron chi connectivity index (χ4n) is 2.82. The molecule has 1 amide bonds. The van der Waals surface area contributed by atoms with Crippen LogP contribution in [0.5, 0.6) is 5.75 Å². The van der Waals surface area contributed by atoms with Gasteiger partial charge in [-0.15, -0.1) is 0 Å². The molecule has 0 saturated carbocycles. The highest BCUT2D eigenvalue weighted by Gasteiger charge is 2.21. The zero-order chi connectivity index (χ0) is 14.8. The third kappa shape index (κ3) is 2.85. The first-order valence-corrected chi connectivity index (χ1v) is 7.40. The molecule has 110 valence electrons. The zero-order valence-corrected chi connectivity index (χ0v) is 12.1. The van der Waals surface area contributed by atoms with Crippen molar-refractivity contribution >= 4 is 16.7 Å². The molecule has 2 aromatic carbocycles. The second-order valence-electron chi connectivity index (χ2n) is 5.74. The van der Waals surface area contributed by atoms with Crippen LogP contribution in [0.4, 0.5) is 0 Å². The van der Waals surface area contributed by atoms with Crippen LogP contribution in [0.1, 0.15) is 30.1 Å². The zero-order valence-electron chi connectivity index (χ0n) is 12.1. The number of rotatable bonds is 2. The Morgan fingerprint density at radius 1 is 1.24 bits per heavy atom. The summed E-state index contributed by atoms with van der Waals surface area (Å²) in [4.78, 5) is 12.4. The van der Waals surface area contributed by atoms with Gasteiger partial charge in [0.2, 0.25) is 0 Å². The molecule has 1 aliphatic heterocycles. The summed E-state index contributed by atoms with van der Waals surface area (Å²) in [6.45, 7) is 2.93. The topological polar surface area (TPSA) is 61.4 Å². The lowest BCUT2D eigenvalue weighted by atomic mass is 10.0. The Labute approximate surface area is 124 Å². The number of fused-ring (bicyclic) bond motifs is 1. The van der Waals surface area contributed by atoms with E-state index in [4.69, 9.17) is 0 Å². The molecule has 0 radical (unpaired) electrons. The molecule has 21 heavy (non-hydrogen) atoms. The summed E-state index contributed by atoms with van der Waals surface area (Å²) in [5.41, 5.74) is 0.340. The summed E-state index contributed by atoms with van der Waals surface area (Å²) in [5.74, 6) is -0.151. The Hall–Kier alpha value is -2.07. The molecule has 4 nitrogen and oxygen atoms in total. The molecule has 0 aliphatic carbocycles. The van der Waals surface area contributed by atoms with Gasteiger partial charge < -0.3 is 15.7 Å². The Morgan fingerprint density at radius 3 is 2.81 bits per heavy atom. The molecule has 1 fully saturated rings. The fourth-order valence-corrected chi connectivity index (χ4v) is 2.82. The van der Waals surface area contributed by atoms with Crippen molar-refractivity contribution in [2.24, 2.45) is 0 Å². The molecule has 1 heterocycles. The van der Waals surface area contributed by atoms with Crippen LogP contribution in [-0.2, 0) is 0 Å². The first kappa shape index (κ1) is 13.9. The van der Waals surface area contributed by atoms with E-state index in [2.05, 4.69) is 17.6 Å².